The lowest BCUT2D eigenvalue weighted by atomic mass is 10.1. The monoisotopic (exact) mass is 492 g/mol. The van der Waals surface area contributed by atoms with E-state index in [2.05, 4.69) is 17.0 Å². The van der Waals surface area contributed by atoms with Crippen LogP contribution in [0.25, 0.3) is 6.08 Å². The SMILES string of the molecule is CCCC1=NN2C(=N)/C(=C/c3ccc(OCCOc4ccccc4C)c(OCC)c3)C(=O)N=C2S1. The average molecular weight is 493 g/mol. The lowest BCUT2D eigenvalue weighted by Gasteiger charge is -2.20. The van der Waals surface area contributed by atoms with Gasteiger partial charge in [0.25, 0.3) is 5.91 Å². The molecule has 0 unspecified atom stereocenters. The molecule has 1 amide bonds. The number of fused-ring (bicyclic) bond motifs is 1. The highest BCUT2D eigenvalue weighted by Gasteiger charge is 2.35. The number of hydrazone groups is 1. The molecule has 0 fully saturated rings. The number of aryl methyl sites for hydroxylation is 1. The number of nitrogens with zero attached hydrogens (tertiary/aromatic N) is 3. The Bertz CT molecular complexity index is 1220. The molecule has 0 radical (unpaired) electrons. The van der Waals surface area contributed by atoms with E-state index in [1.807, 2.05) is 44.2 Å². The lowest BCUT2D eigenvalue weighted by molar-refractivity contribution is -0.114. The number of aliphatic imine (C=N–C) groups is 1. The van der Waals surface area contributed by atoms with Gasteiger partial charge < -0.3 is 14.2 Å². The number of carbonyl (C=O) groups is 1. The van der Waals surface area contributed by atoms with Gasteiger partial charge in [0.2, 0.25) is 5.17 Å². The highest BCUT2D eigenvalue weighted by molar-refractivity contribution is 8.26. The van der Waals surface area contributed by atoms with E-state index in [9.17, 15) is 4.79 Å². The van der Waals surface area contributed by atoms with Crippen molar-refractivity contribution in [3.8, 4) is 17.2 Å². The predicted octanol–water partition coefficient (Wildman–Crippen LogP) is 5.27. The fourth-order valence-electron chi connectivity index (χ4n) is 3.54. The molecule has 2 aliphatic heterocycles. The third-order valence-corrected chi connectivity index (χ3v) is 6.20. The summed E-state index contributed by atoms with van der Waals surface area (Å²) in [7, 11) is 0. The number of nitrogens with one attached hydrogen (secondary N) is 1. The molecule has 1 N–H and O–H groups in total. The van der Waals surface area contributed by atoms with E-state index in [0.29, 0.717) is 42.1 Å². The molecular weight excluding hydrogens is 464 g/mol. The van der Waals surface area contributed by atoms with Crippen LogP contribution in [0.3, 0.4) is 0 Å². The topological polar surface area (TPSA) is 96.6 Å². The van der Waals surface area contributed by atoms with Crippen molar-refractivity contribution in [2.45, 2.75) is 33.6 Å². The summed E-state index contributed by atoms with van der Waals surface area (Å²) in [5, 5.41) is 15.7. The Kier molecular flexibility index (Phi) is 7.87. The van der Waals surface area contributed by atoms with Crippen molar-refractivity contribution >= 4 is 39.8 Å². The van der Waals surface area contributed by atoms with Crippen molar-refractivity contribution in [3.63, 3.8) is 0 Å². The smallest absolute Gasteiger partial charge is 0.283 e. The van der Waals surface area contributed by atoms with Crippen LogP contribution in [-0.4, -0.2) is 46.8 Å². The molecule has 2 aliphatic rings. The number of hydrogen-bond donors (Lipinski definition) is 1. The molecule has 182 valence electrons. The number of amidine groups is 2. The molecule has 0 atom stereocenters. The Labute approximate surface area is 209 Å². The van der Waals surface area contributed by atoms with Crippen molar-refractivity contribution in [2.75, 3.05) is 19.8 Å². The molecule has 0 spiro atoms. The molecule has 2 aromatic rings. The van der Waals surface area contributed by atoms with E-state index in [0.717, 1.165) is 29.2 Å². The summed E-state index contributed by atoms with van der Waals surface area (Å²) < 4.78 is 17.5. The second-order valence-electron chi connectivity index (χ2n) is 7.87. The van der Waals surface area contributed by atoms with Gasteiger partial charge in [-0.25, -0.2) is 0 Å². The lowest BCUT2D eigenvalue weighted by Crippen LogP contribution is -2.35. The predicted molar refractivity (Wildman–Crippen MR) is 140 cm³/mol. The van der Waals surface area contributed by atoms with Gasteiger partial charge in [-0.05, 0) is 73.9 Å². The van der Waals surface area contributed by atoms with Gasteiger partial charge in [-0.15, -0.1) is 0 Å². The largest absolute Gasteiger partial charge is 0.490 e. The van der Waals surface area contributed by atoms with E-state index in [1.165, 1.54) is 16.8 Å². The Morgan fingerprint density at radius 3 is 2.54 bits per heavy atom. The summed E-state index contributed by atoms with van der Waals surface area (Å²) in [6, 6.07) is 13.2. The van der Waals surface area contributed by atoms with Crippen LogP contribution in [0.1, 0.15) is 37.8 Å². The summed E-state index contributed by atoms with van der Waals surface area (Å²) in [5.74, 6) is 1.53. The van der Waals surface area contributed by atoms with Gasteiger partial charge in [-0.3, -0.25) is 10.2 Å². The Balaban J connectivity index is 1.47. The number of carbonyl (C=O) groups excluding carboxylic acids is 1. The van der Waals surface area contributed by atoms with Gasteiger partial charge >= 0.3 is 0 Å². The van der Waals surface area contributed by atoms with Crippen molar-refractivity contribution in [1.82, 2.24) is 5.01 Å². The Hall–Kier alpha value is -3.59. The third-order valence-electron chi connectivity index (χ3n) is 5.23. The first-order valence-electron chi connectivity index (χ1n) is 11.6. The maximum absolute atomic E-state index is 12.7. The van der Waals surface area contributed by atoms with Crippen LogP contribution >= 0.6 is 11.8 Å². The fraction of sp³-hybridized carbons (Fsp3) is 0.308. The standard InChI is InChI=1S/C26H28N4O4S/c1-4-8-23-29-30-24(27)19(25(31)28-26(30)35-23)15-18-11-12-21(22(16-18)32-5-2)34-14-13-33-20-10-7-6-9-17(20)3/h6-7,9-12,15-16,27H,4-5,8,13-14H2,1-3H3/b19-15-,27-24?. The van der Waals surface area contributed by atoms with Crippen LogP contribution in [0, 0.1) is 12.3 Å². The number of rotatable bonds is 10. The Morgan fingerprint density at radius 2 is 1.80 bits per heavy atom. The van der Waals surface area contributed by atoms with Gasteiger partial charge in [0.1, 0.15) is 24.0 Å². The van der Waals surface area contributed by atoms with Gasteiger partial charge in [-0.1, -0.05) is 31.2 Å². The zero-order chi connectivity index (χ0) is 24.8. The van der Waals surface area contributed by atoms with Crippen molar-refractivity contribution in [3.05, 3.63) is 59.2 Å². The van der Waals surface area contributed by atoms with Crippen LogP contribution in [0.2, 0.25) is 0 Å². The van der Waals surface area contributed by atoms with E-state index < -0.39 is 5.91 Å². The summed E-state index contributed by atoms with van der Waals surface area (Å²) in [6.45, 7) is 7.15. The fourth-order valence-corrected chi connectivity index (χ4v) is 4.52. The average Bonchev–Trinajstić information content (AvgIpc) is 3.24. The normalized spacial score (nSPS) is 16.2. The molecule has 2 heterocycles. The second kappa shape index (κ2) is 11.2. The first-order valence-corrected chi connectivity index (χ1v) is 12.4. The summed E-state index contributed by atoms with van der Waals surface area (Å²) in [6.07, 6.45) is 3.36. The van der Waals surface area contributed by atoms with Crippen molar-refractivity contribution in [2.24, 2.45) is 10.1 Å². The molecule has 9 heteroatoms. The van der Waals surface area contributed by atoms with E-state index >= 15 is 0 Å². The van der Waals surface area contributed by atoms with Crippen molar-refractivity contribution < 1.29 is 19.0 Å². The van der Waals surface area contributed by atoms with Crippen LogP contribution in [-0.2, 0) is 4.79 Å². The molecule has 4 rings (SSSR count). The molecule has 0 aromatic heterocycles. The van der Waals surface area contributed by atoms with Crippen LogP contribution in [0.4, 0.5) is 0 Å². The van der Waals surface area contributed by atoms with Crippen molar-refractivity contribution in [1.29, 1.82) is 5.41 Å². The Morgan fingerprint density at radius 1 is 1.03 bits per heavy atom. The second-order valence-corrected chi connectivity index (χ2v) is 8.91. The van der Waals surface area contributed by atoms with Gasteiger partial charge in [-0.2, -0.15) is 15.1 Å². The summed E-state index contributed by atoms with van der Waals surface area (Å²) in [5.41, 5.74) is 1.95. The van der Waals surface area contributed by atoms with Crippen LogP contribution < -0.4 is 14.2 Å². The van der Waals surface area contributed by atoms with Crippen LogP contribution in [0.15, 0.2) is 58.1 Å². The third kappa shape index (κ3) is 5.74. The molecule has 8 nitrogen and oxygen atoms in total. The number of para-hydroxylation sites is 1. The number of benzene rings is 2. The summed E-state index contributed by atoms with van der Waals surface area (Å²) >= 11 is 1.34. The van der Waals surface area contributed by atoms with Crippen LogP contribution in [0.5, 0.6) is 17.2 Å². The quantitative estimate of drug-likeness (QED) is 0.358. The van der Waals surface area contributed by atoms with E-state index in [1.54, 1.807) is 18.2 Å². The van der Waals surface area contributed by atoms with Gasteiger partial charge in [0.05, 0.1) is 12.2 Å². The summed E-state index contributed by atoms with van der Waals surface area (Å²) in [4.78, 5) is 16.8. The van der Waals surface area contributed by atoms with E-state index in [4.69, 9.17) is 19.6 Å². The van der Waals surface area contributed by atoms with Gasteiger partial charge in [0.15, 0.2) is 17.3 Å². The molecule has 0 aliphatic carbocycles. The minimum absolute atomic E-state index is 0.0187. The number of thioether (sulfide) groups is 1. The maximum atomic E-state index is 12.7. The molecule has 2 aromatic carbocycles. The molecular formula is C26H28N4O4S. The van der Waals surface area contributed by atoms with E-state index in [-0.39, 0.29) is 11.4 Å². The number of hydrogen-bond acceptors (Lipinski definition) is 7. The maximum Gasteiger partial charge on any atom is 0.283 e. The number of amides is 1. The molecule has 0 saturated heterocycles. The minimum atomic E-state index is -0.451. The zero-order valence-corrected chi connectivity index (χ0v) is 20.9. The molecule has 0 bridgehead atoms. The first kappa shape index (κ1) is 24.5. The molecule has 0 saturated carbocycles. The zero-order valence-electron chi connectivity index (χ0n) is 20.0. The highest BCUT2D eigenvalue weighted by Crippen LogP contribution is 2.32. The first-order chi connectivity index (χ1) is 17.0. The minimum Gasteiger partial charge on any atom is -0.490 e. The highest BCUT2D eigenvalue weighted by atomic mass is 32.2. The molecule has 35 heavy (non-hydrogen) atoms. The number of ether oxygens (including phenoxy) is 3. The van der Waals surface area contributed by atoms with Gasteiger partial charge in [0, 0.05) is 0 Å².